The normalized spacial score (nSPS) is 10.6. The van der Waals surface area contributed by atoms with Gasteiger partial charge in [-0.25, -0.2) is 4.39 Å². The Kier molecular flexibility index (Phi) is 3.71. The van der Waals surface area contributed by atoms with Gasteiger partial charge in [0.15, 0.2) is 11.6 Å². The number of rotatable bonds is 3. The molecule has 0 atom stereocenters. The molecule has 0 saturated carbocycles. The molecule has 0 saturated heterocycles. The van der Waals surface area contributed by atoms with E-state index in [0.29, 0.717) is 0 Å². The number of hydrogen-bond acceptors (Lipinski definition) is 3. The predicted molar refractivity (Wildman–Crippen MR) is 84.2 cm³/mol. The van der Waals surface area contributed by atoms with Crippen LogP contribution in [-0.2, 0) is 0 Å². The summed E-state index contributed by atoms with van der Waals surface area (Å²) < 4.78 is 23.3. The number of aromatic nitrogens is 1. The smallest absolute Gasteiger partial charge is 0.165 e. The average molecular weight is 299 g/mol. The molecule has 3 rings (SSSR count). The van der Waals surface area contributed by atoms with Crippen molar-refractivity contribution in [2.75, 3.05) is 7.11 Å². The monoisotopic (exact) mass is 299 g/mol. The van der Waals surface area contributed by atoms with Crippen LogP contribution >= 0.6 is 11.5 Å². The van der Waals surface area contributed by atoms with Gasteiger partial charge in [0.2, 0.25) is 0 Å². The SMILES string of the molecule is COc1ccc(-c2csnc2-c2cccc(C)c2)cc1F. The van der Waals surface area contributed by atoms with E-state index in [2.05, 4.69) is 10.4 Å². The van der Waals surface area contributed by atoms with Crippen molar-refractivity contribution in [2.24, 2.45) is 0 Å². The van der Waals surface area contributed by atoms with E-state index in [1.165, 1.54) is 30.3 Å². The molecular weight excluding hydrogens is 285 g/mol. The Morgan fingerprint density at radius 3 is 2.67 bits per heavy atom. The van der Waals surface area contributed by atoms with Crippen molar-refractivity contribution in [3.63, 3.8) is 0 Å². The zero-order valence-electron chi connectivity index (χ0n) is 11.8. The predicted octanol–water partition coefficient (Wildman–Crippen LogP) is 4.93. The largest absolute Gasteiger partial charge is 0.494 e. The van der Waals surface area contributed by atoms with E-state index in [-0.39, 0.29) is 11.6 Å². The maximum absolute atomic E-state index is 13.9. The number of halogens is 1. The van der Waals surface area contributed by atoms with Crippen LogP contribution in [0.15, 0.2) is 47.8 Å². The minimum atomic E-state index is -0.364. The lowest BCUT2D eigenvalue weighted by Gasteiger charge is -2.06. The molecule has 0 radical (unpaired) electrons. The number of hydrogen-bond donors (Lipinski definition) is 0. The highest BCUT2D eigenvalue weighted by Crippen LogP contribution is 2.34. The summed E-state index contributed by atoms with van der Waals surface area (Å²) in [5.74, 6) is -0.115. The van der Waals surface area contributed by atoms with E-state index < -0.39 is 0 Å². The van der Waals surface area contributed by atoms with Gasteiger partial charge < -0.3 is 4.74 Å². The number of ether oxygens (including phenoxy) is 1. The lowest BCUT2D eigenvalue weighted by atomic mass is 10.0. The van der Waals surface area contributed by atoms with E-state index in [4.69, 9.17) is 4.74 Å². The summed E-state index contributed by atoms with van der Waals surface area (Å²) in [5, 5.41) is 1.94. The molecule has 0 N–H and O–H groups in total. The molecule has 0 aliphatic rings. The van der Waals surface area contributed by atoms with Crippen molar-refractivity contribution in [3.8, 4) is 28.1 Å². The Labute approximate surface area is 127 Å². The fourth-order valence-corrected chi connectivity index (χ4v) is 2.99. The van der Waals surface area contributed by atoms with Gasteiger partial charge in [-0.2, -0.15) is 4.37 Å². The van der Waals surface area contributed by atoms with Gasteiger partial charge in [-0.1, -0.05) is 29.8 Å². The van der Waals surface area contributed by atoms with Gasteiger partial charge in [0.1, 0.15) is 0 Å². The number of benzene rings is 2. The first-order valence-corrected chi connectivity index (χ1v) is 7.38. The van der Waals surface area contributed by atoms with Gasteiger partial charge in [-0.15, -0.1) is 0 Å². The molecule has 0 spiro atoms. The molecule has 2 aromatic carbocycles. The number of nitrogens with zero attached hydrogens (tertiary/aromatic N) is 1. The fraction of sp³-hybridized carbons (Fsp3) is 0.118. The second kappa shape index (κ2) is 5.66. The topological polar surface area (TPSA) is 22.1 Å². The molecule has 0 aliphatic heterocycles. The second-order valence-electron chi connectivity index (χ2n) is 4.80. The van der Waals surface area contributed by atoms with E-state index in [1.807, 2.05) is 36.6 Å². The second-order valence-corrected chi connectivity index (χ2v) is 5.42. The van der Waals surface area contributed by atoms with Gasteiger partial charge in [-0.05, 0) is 42.2 Å². The summed E-state index contributed by atoms with van der Waals surface area (Å²) in [6.07, 6.45) is 0. The highest BCUT2D eigenvalue weighted by Gasteiger charge is 2.13. The Bertz CT molecular complexity index is 782. The fourth-order valence-electron chi connectivity index (χ4n) is 2.28. The summed E-state index contributed by atoms with van der Waals surface area (Å²) in [6, 6.07) is 13.1. The first-order chi connectivity index (χ1) is 10.2. The number of aryl methyl sites for hydroxylation is 1. The molecule has 21 heavy (non-hydrogen) atoms. The lowest BCUT2D eigenvalue weighted by molar-refractivity contribution is 0.386. The van der Waals surface area contributed by atoms with Gasteiger partial charge in [-0.3, -0.25) is 0 Å². The van der Waals surface area contributed by atoms with Crippen molar-refractivity contribution >= 4 is 11.5 Å². The molecule has 1 aromatic heterocycles. The molecule has 0 bridgehead atoms. The highest BCUT2D eigenvalue weighted by molar-refractivity contribution is 7.04. The van der Waals surface area contributed by atoms with E-state index in [9.17, 15) is 4.39 Å². The first kappa shape index (κ1) is 13.8. The lowest BCUT2D eigenvalue weighted by Crippen LogP contribution is -1.89. The highest BCUT2D eigenvalue weighted by atomic mass is 32.1. The van der Waals surface area contributed by atoms with Crippen LogP contribution in [0.25, 0.3) is 22.4 Å². The van der Waals surface area contributed by atoms with Crippen molar-refractivity contribution in [1.82, 2.24) is 4.37 Å². The summed E-state index contributed by atoms with van der Waals surface area (Å²) in [4.78, 5) is 0. The molecule has 106 valence electrons. The van der Waals surface area contributed by atoms with Crippen LogP contribution < -0.4 is 4.74 Å². The van der Waals surface area contributed by atoms with Crippen LogP contribution in [-0.4, -0.2) is 11.5 Å². The molecular formula is C17H14FNOS. The molecule has 2 nitrogen and oxygen atoms in total. The maximum Gasteiger partial charge on any atom is 0.165 e. The summed E-state index contributed by atoms with van der Waals surface area (Å²) in [7, 11) is 1.46. The number of methoxy groups -OCH3 is 1. The van der Waals surface area contributed by atoms with Crippen LogP contribution in [0.1, 0.15) is 5.56 Å². The third-order valence-electron chi connectivity index (χ3n) is 3.32. The van der Waals surface area contributed by atoms with Gasteiger partial charge in [0.05, 0.1) is 12.8 Å². The third kappa shape index (κ3) is 2.67. The third-order valence-corrected chi connectivity index (χ3v) is 3.95. The van der Waals surface area contributed by atoms with Gasteiger partial charge >= 0.3 is 0 Å². The Morgan fingerprint density at radius 2 is 1.95 bits per heavy atom. The van der Waals surface area contributed by atoms with Crippen LogP contribution in [0, 0.1) is 12.7 Å². The van der Waals surface area contributed by atoms with Gasteiger partial charge in [0, 0.05) is 16.5 Å². The van der Waals surface area contributed by atoms with Crippen LogP contribution in [0.5, 0.6) is 5.75 Å². The first-order valence-electron chi connectivity index (χ1n) is 6.54. The Hall–Kier alpha value is -2.20. The minimum Gasteiger partial charge on any atom is -0.494 e. The standard InChI is InChI=1S/C17H14FNOS/c1-11-4-3-5-13(8-11)17-14(10-21-19-17)12-6-7-16(20-2)15(18)9-12/h3-10H,1-2H3. The van der Waals surface area contributed by atoms with Gasteiger partial charge in [0.25, 0.3) is 0 Å². The zero-order valence-corrected chi connectivity index (χ0v) is 12.6. The summed E-state index contributed by atoms with van der Waals surface area (Å²) in [6.45, 7) is 2.04. The molecule has 1 heterocycles. The molecule has 0 fully saturated rings. The van der Waals surface area contributed by atoms with E-state index in [0.717, 1.165) is 22.4 Å². The maximum atomic E-state index is 13.9. The van der Waals surface area contributed by atoms with Crippen LogP contribution in [0.2, 0.25) is 0 Å². The van der Waals surface area contributed by atoms with Crippen molar-refractivity contribution in [1.29, 1.82) is 0 Å². The molecule has 3 aromatic rings. The minimum absolute atomic E-state index is 0.249. The quantitative estimate of drug-likeness (QED) is 0.684. The van der Waals surface area contributed by atoms with Crippen LogP contribution in [0.3, 0.4) is 0 Å². The van der Waals surface area contributed by atoms with Crippen LogP contribution in [0.4, 0.5) is 4.39 Å². The van der Waals surface area contributed by atoms with E-state index in [1.54, 1.807) is 6.07 Å². The summed E-state index contributed by atoms with van der Waals surface area (Å²) >= 11 is 1.37. The average Bonchev–Trinajstić information content (AvgIpc) is 2.96. The summed E-state index contributed by atoms with van der Waals surface area (Å²) in [5.41, 5.74) is 4.84. The van der Waals surface area contributed by atoms with Crippen molar-refractivity contribution < 1.29 is 9.13 Å². The molecule has 0 aliphatic carbocycles. The Balaban J connectivity index is 2.09. The van der Waals surface area contributed by atoms with Crippen molar-refractivity contribution in [3.05, 3.63) is 59.2 Å². The molecule has 4 heteroatoms. The molecule has 0 unspecified atom stereocenters. The Morgan fingerprint density at radius 1 is 1.10 bits per heavy atom. The van der Waals surface area contributed by atoms with E-state index >= 15 is 0 Å². The van der Waals surface area contributed by atoms with Crippen molar-refractivity contribution in [2.45, 2.75) is 6.92 Å². The zero-order chi connectivity index (χ0) is 14.8. The molecule has 0 amide bonds.